The van der Waals surface area contributed by atoms with E-state index in [1.165, 1.54) is 12.5 Å². The average Bonchev–Trinajstić information content (AvgIpc) is 2.58. The molecule has 1 aromatic heterocycles. The third kappa shape index (κ3) is 3.86. The minimum Gasteiger partial charge on any atom is -0.483 e. The highest BCUT2D eigenvalue weighted by Gasteiger charge is 2.21. The van der Waals surface area contributed by atoms with Gasteiger partial charge in [0.1, 0.15) is 11.3 Å². The second kappa shape index (κ2) is 7.30. The van der Waals surface area contributed by atoms with Crippen LogP contribution in [0, 0.1) is 12.8 Å². The fourth-order valence-corrected chi connectivity index (χ4v) is 3.45. The van der Waals surface area contributed by atoms with E-state index in [0.717, 1.165) is 42.4 Å². The van der Waals surface area contributed by atoms with Crippen molar-refractivity contribution in [1.29, 1.82) is 0 Å². The van der Waals surface area contributed by atoms with Crippen molar-refractivity contribution in [2.45, 2.75) is 40.0 Å². The Morgan fingerprint density at radius 1 is 1.36 bits per heavy atom. The maximum Gasteiger partial charge on any atom is 0.336 e. The molecule has 5 nitrogen and oxygen atoms in total. The third-order valence-electron chi connectivity index (χ3n) is 4.87. The van der Waals surface area contributed by atoms with Crippen LogP contribution in [0.5, 0.6) is 5.75 Å². The lowest BCUT2D eigenvalue weighted by Crippen LogP contribution is -2.41. The smallest absolute Gasteiger partial charge is 0.336 e. The van der Waals surface area contributed by atoms with Crippen LogP contribution >= 0.6 is 0 Å². The summed E-state index contributed by atoms with van der Waals surface area (Å²) in [6, 6.07) is 5.20. The van der Waals surface area contributed by atoms with Gasteiger partial charge in [0.15, 0.2) is 6.61 Å². The number of fused-ring (bicyclic) bond motifs is 1. The van der Waals surface area contributed by atoms with E-state index in [1.54, 1.807) is 6.07 Å². The molecule has 0 N–H and O–H groups in total. The Bertz CT molecular complexity index is 839. The van der Waals surface area contributed by atoms with Crippen molar-refractivity contribution in [2.24, 2.45) is 5.92 Å². The minimum atomic E-state index is -0.376. The van der Waals surface area contributed by atoms with Crippen LogP contribution in [0.15, 0.2) is 27.4 Å². The molecule has 0 bridgehead atoms. The lowest BCUT2D eigenvalue weighted by molar-refractivity contribution is -0.135. The molecule has 1 fully saturated rings. The lowest BCUT2D eigenvalue weighted by Gasteiger charge is -2.30. The molecule has 2 heterocycles. The summed E-state index contributed by atoms with van der Waals surface area (Å²) in [5.74, 6) is 1.17. The normalized spacial score (nSPS) is 17.7. The molecule has 3 rings (SSSR count). The summed E-state index contributed by atoms with van der Waals surface area (Å²) in [5, 5.41) is 0.903. The van der Waals surface area contributed by atoms with E-state index in [0.29, 0.717) is 17.3 Å². The summed E-state index contributed by atoms with van der Waals surface area (Å²) in [6.45, 7) is 7.72. The molecule has 2 aromatic rings. The Labute approximate surface area is 147 Å². The summed E-state index contributed by atoms with van der Waals surface area (Å²) in [4.78, 5) is 25.9. The van der Waals surface area contributed by atoms with Crippen molar-refractivity contribution in [2.75, 3.05) is 19.7 Å². The van der Waals surface area contributed by atoms with Gasteiger partial charge in [0.05, 0.1) is 0 Å². The van der Waals surface area contributed by atoms with Crippen LogP contribution in [0.25, 0.3) is 11.0 Å². The molecule has 0 spiro atoms. The first-order valence-electron chi connectivity index (χ1n) is 8.96. The molecule has 0 radical (unpaired) electrons. The Balaban J connectivity index is 1.80. The van der Waals surface area contributed by atoms with Gasteiger partial charge in [0.25, 0.3) is 5.91 Å². The molecule has 1 aliphatic rings. The molecular weight excluding hydrogens is 318 g/mol. The fraction of sp³-hybridized carbons (Fsp3) is 0.500. The molecule has 1 atom stereocenters. The summed E-state index contributed by atoms with van der Waals surface area (Å²) in [5.41, 5.74) is 2.00. The van der Waals surface area contributed by atoms with E-state index < -0.39 is 0 Å². The van der Waals surface area contributed by atoms with Gasteiger partial charge < -0.3 is 14.1 Å². The molecule has 1 saturated heterocycles. The zero-order chi connectivity index (χ0) is 18.0. The van der Waals surface area contributed by atoms with Gasteiger partial charge >= 0.3 is 5.63 Å². The number of amides is 1. The molecule has 0 unspecified atom stereocenters. The standard InChI is InChI=1S/C20H25NO4/c1-4-15-9-16-14(3)8-20(23)25-18(16)10-17(15)24-12-19(22)21-7-5-6-13(2)11-21/h8-10,13H,4-7,11-12H2,1-3H3/t13-/m1/s1. The zero-order valence-corrected chi connectivity index (χ0v) is 15.1. The molecule has 5 heteroatoms. The Morgan fingerprint density at radius 3 is 2.88 bits per heavy atom. The first-order valence-corrected chi connectivity index (χ1v) is 8.96. The van der Waals surface area contributed by atoms with Crippen LogP contribution in [-0.4, -0.2) is 30.5 Å². The van der Waals surface area contributed by atoms with Gasteiger partial charge in [-0.1, -0.05) is 13.8 Å². The van der Waals surface area contributed by atoms with E-state index in [9.17, 15) is 9.59 Å². The molecule has 0 saturated carbocycles. The number of rotatable bonds is 4. The fourth-order valence-electron chi connectivity index (χ4n) is 3.45. The van der Waals surface area contributed by atoms with Crippen molar-refractivity contribution in [3.8, 4) is 5.75 Å². The molecular formula is C20H25NO4. The minimum absolute atomic E-state index is 0.0133. The molecule has 1 amide bonds. The number of carbonyl (C=O) groups excluding carboxylic acids is 1. The van der Waals surface area contributed by atoms with E-state index in [2.05, 4.69) is 6.92 Å². The lowest BCUT2D eigenvalue weighted by atomic mass is 10.0. The van der Waals surface area contributed by atoms with Gasteiger partial charge in [0.2, 0.25) is 0 Å². The Kier molecular flexibility index (Phi) is 5.11. The molecule has 1 aliphatic heterocycles. The number of carbonyl (C=O) groups is 1. The molecule has 134 valence electrons. The number of benzene rings is 1. The summed E-state index contributed by atoms with van der Waals surface area (Å²) in [6.07, 6.45) is 3.00. The van der Waals surface area contributed by atoms with Gasteiger partial charge in [-0.05, 0) is 49.3 Å². The van der Waals surface area contributed by atoms with E-state index in [-0.39, 0.29) is 18.1 Å². The number of likely N-dealkylation sites (tertiary alicyclic amines) is 1. The number of aryl methyl sites for hydroxylation is 2. The van der Waals surface area contributed by atoms with Gasteiger partial charge in [-0.25, -0.2) is 4.79 Å². The first kappa shape index (κ1) is 17.5. The van der Waals surface area contributed by atoms with Gasteiger partial charge in [-0.15, -0.1) is 0 Å². The molecule has 25 heavy (non-hydrogen) atoms. The second-order valence-electron chi connectivity index (χ2n) is 6.93. The van der Waals surface area contributed by atoms with Crippen LogP contribution in [-0.2, 0) is 11.2 Å². The predicted molar refractivity (Wildman–Crippen MR) is 97.1 cm³/mol. The van der Waals surface area contributed by atoms with Crippen LogP contribution in [0.1, 0.15) is 37.8 Å². The zero-order valence-electron chi connectivity index (χ0n) is 15.1. The van der Waals surface area contributed by atoms with Crippen molar-refractivity contribution in [1.82, 2.24) is 4.90 Å². The van der Waals surface area contributed by atoms with Crippen LogP contribution in [0.3, 0.4) is 0 Å². The maximum absolute atomic E-state index is 12.4. The van der Waals surface area contributed by atoms with Gasteiger partial charge in [-0.2, -0.15) is 0 Å². The number of hydrogen-bond donors (Lipinski definition) is 0. The van der Waals surface area contributed by atoms with Crippen molar-refractivity contribution < 1.29 is 13.9 Å². The van der Waals surface area contributed by atoms with Gasteiger partial charge in [0, 0.05) is 30.6 Å². The summed E-state index contributed by atoms with van der Waals surface area (Å²) >= 11 is 0. The number of piperidine rings is 1. The first-order chi connectivity index (χ1) is 12.0. The summed E-state index contributed by atoms with van der Waals surface area (Å²) in [7, 11) is 0. The van der Waals surface area contributed by atoms with Crippen molar-refractivity contribution >= 4 is 16.9 Å². The maximum atomic E-state index is 12.4. The largest absolute Gasteiger partial charge is 0.483 e. The van der Waals surface area contributed by atoms with E-state index in [1.807, 2.05) is 24.8 Å². The molecule has 1 aromatic carbocycles. The number of nitrogens with zero attached hydrogens (tertiary/aromatic N) is 1. The predicted octanol–water partition coefficient (Wildman–Crippen LogP) is 3.30. The Morgan fingerprint density at radius 2 is 2.16 bits per heavy atom. The summed E-state index contributed by atoms with van der Waals surface area (Å²) < 4.78 is 11.1. The Hall–Kier alpha value is -2.30. The monoisotopic (exact) mass is 343 g/mol. The third-order valence-corrected chi connectivity index (χ3v) is 4.87. The van der Waals surface area contributed by atoms with E-state index >= 15 is 0 Å². The van der Waals surface area contributed by atoms with Crippen LogP contribution < -0.4 is 10.4 Å². The van der Waals surface area contributed by atoms with Gasteiger partial charge in [-0.3, -0.25) is 4.79 Å². The van der Waals surface area contributed by atoms with Crippen molar-refractivity contribution in [3.05, 3.63) is 39.7 Å². The molecule has 0 aliphatic carbocycles. The second-order valence-corrected chi connectivity index (χ2v) is 6.93. The topological polar surface area (TPSA) is 59.8 Å². The number of hydrogen-bond acceptors (Lipinski definition) is 4. The average molecular weight is 343 g/mol. The van der Waals surface area contributed by atoms with E-state index in [4.69, 9.17) is 9.15 Å². The quantitative estimate of drug-likeness (QED) is 0.799. The van der Waals surface area contributed by atoms with Crippen LogP contribution in [0.2, 0.25) is 0 Å². The number of ether oxygens (including phenoxy) is 1. The highest BCUT2D eigenvalue weighted by molar-refractivity contribution is 5.83. The van der Waals surface area contributed by atoms with Crippen molar-refractivity contribution in [3.63, 3.8) is 0 Å². The SMILES string of the molecule is CCc1cc2c(C)cc(=O)oc2cc1OCC(=O)N1CCC[C@@H](C)C1. The highest BCUT2D eigenvalue weighted by Crippen LogP contribution is 2.28. The highest BCUT2D eigenvalue weighted by atomic mass is 16.5. The van der Waals surface area contributed by atoms with Crippen LogP contribution in [0.4, 0.5) is 0 Å².